The summed E-state index contributed by atoms with van der Waals surface area (Å²) in [6, 6.07) is 12.1. The normalized spacial score (nSPS) is 19.4. The van der Waals surface area contributed by atoms with Gasteiger partial charge < -0.3 is 9.80 Å². The summed E-state index contributed by atoms with van der Waals surface area (Å²) in [6.45, 7) is 9.04. The van der Waals surface area contributed by atoms with Crippen LogP contribution in [0.5, 0.6) is 0 Å². The Kier molecular flexibility index (Phi) is 8.45. The number of amides is 2. The van der Waals surface area contributed by atoms with E-state index in [1.165, 1.54) is 6.07 Å². The Labute approximate surface area is 250 Å². The molecule has 3 aromatic rings. The zero-order chi connectivity index (χ0) is 28.6. The van der Waals surface area contributed by atoms with E-state index in [1.807, 2.05) is 48.4 Å². The molecule has 3 heterocycles. The minimum absolute atomic E-state index is 0.0247. The molecule has 0 aliphatic carbocycles. The molecule has 0 spiro atoms. The third-order valence-corrected chi connectivity index (χ3v) is 9.23. The van der Waals surface area contributed by atoms with Crippen molar-refractivity contribution in [1.29, 1.82) is 0 Å². The van der Waals surface area contributed by atoms with Gasteiger partial charge in [-0.05, 0) is 57.0 Å². The third-order valence-electron chi connectivity index (χ3n) is 8.21. The zero-order valence-corrected chi connectivity index (χ0v) is 26.0. The van der Waals surface area contributed by atoms with Gasteiger partial charge in [-0.2, -0.15) is 0 Å². The Balaban J connectivity index is 1.22. The van der Waals surface area contributed by atoms with E-state index in [0.717, 1.165) is 15.7 Å². The fourth-order valence-corrected chi connectivity index (χ4v) is 6.16. The molecule has 0 bridgehead atoms. The number of likely N-dealkylation sites (tertiary alicyclic amines) is 1. The highest BCUT2D eigenvalue weighted by molar-refractivity contribution is 9.10. The number of nitrogens with zero attached hydrogens (tertiary/aromatic N) is 6. The van der Waals surface area contributed by atoms with Crippen molar-refractivity contribution < 1.29 is 14.0 Å². The predicted molar refractivity (Wildman–Crippen MR) is 157 cm³/mol. The quantitative estimate of drug-likeness (QED) is 0.348. The number of hydrogen-bond donors (Lipinski definition) is 0. The van der Waals surface area contributed by atoms with Gasteiger partial charge in [0.1, 0.15) is 17.6 Å². The van der Waals surface area contributed by atoms with Gasteiger partial charge in [0.25, 0.3) is 0 Å². The van der Waals surface area contributed by atoms with Crippen molar-refractivity contribution in [3.63, 3.8) is 0 Å². The summed E-state index contributed by atoms with van der Waals surface area (Å²) >= 11 is 6.75. The van der Waals surface area contributed by atoms with Crippen LogP contribution in [0.4, 0.5) is 4.39 Å². The number of piperazine rings is 1. The lowest BCUT2D eigenvalue weighted by Crippen LogP contribution is -2.57. The van der Waals surface area contributed by atoms with Crippen LogP contribution >= 0.6 is 31.9 Å². The first-order valence-electron chi connectivity index (χ1n) is 13.5. The maximum atomic E-state index is 14.5. The van der Waals surface area contributed by atoms with Crippen molar-refractivity contribution in [2.75, 3.05) is 26.2 Å². The predicted octanol–water partition coefficient (Wildman–Crippen LogP) is 5.12. The van der Waals surface area contributed by atoms with E-state index < -0.39 is 11.6 Å². The van der Waals surface area contributed by atoms with E-state index >= 15 is 0 Å². The maximum absolute atomic E-state index is 14.5. The van der Waals surface area contributed by atoms with Crippen LogP contribution < -0.4 is 0 Å². The van der Waals surface area contributed by atoms with E-state index in [-0.39, 0.29) is 23.7 Å². The van der Waals surface area contributed by atoms with Crippen LogP contribution in [0, 0.1) is 5.82 Å². The zero-order valence-electron chi connectivity index (χ0n) is 22.9. The molecule has 0 N–H and O–H groups in total. The monoisotopic (exact) mass is 674 g/mol. The Hall–Kier alpha value is -2.63. The first-order valence-corrected chi connectivity index (χ1v) is 15.1. The van der Waals surface area contributed by atoms with E-state index in [2.05, 4.69) is 60.9 Å². The van der Waals surface area contributed by atoms with E-state index in [0.29, 0.717) is 55.6 Å². The van der Waals surface area contributed by atoms with Gasteiger partial charge in [0, 0.05) is 53.7 Å². The van der Waals surface area contributed by atoms with Crippen LogP contribution in [-0.4, -0.2) is 73.7 Å². The summed E-state index contributed by atoms with van der Waals surface area (Å²) < 4.78 is 17.9. The summed E-state index contributed by atoms with van der Waals surface area (Å²) in [5, 5.41) is 8.77. The van der Waals surface area contributed by atoms with Crippen molar-refractivity contribution in [2.45, 2.75) is 57.8 Å². The van der Waals surface area contributed by atoms with Gasteiger partial charge in [-0.15, -0.1) is 5.10 Å². The Morgan fingerprint density at radius 3 is 2.42 bits per heavy atom. The lowest BCUT2D eigenvalue weighted by atomic mass is 9.97. The Bertz CT molecular complexity index is 1390. The lowest BCUT2D eigenvalue weighted by molar-refractivity contribution is -0.143. The number of halogens is 3. The van der Waals surface area contributed by atoms with Crippen molar-refractivity contribution >= 4 is 43.7 Å². The van der Waals surface area contributed by atoms with Crippen LogP contribution in [-0.2, 0) is 21.7 Å². The van der Waals surface area contributed by atoms with Crippen molar-refractivity contribution in [3.05, 3.63) is 80.2 Å². The minimum Gasteiger partial charge on any atom is -0.338 e. The number of hydrogen-bond acceptors (Lipinski definition) is 5. The van der Waals surface area contributed by atoms with Crippen molar-refractivity contribution in [3.8, 4) is 0 Å². The number of aromatic nitrogens is 3. The van der Waals surface area contributed by atoms with E-state index in [9.17, 15) is 14.0 Å². The van der Waals surface area contributed by atoms with Gasteiger partial charge in [0.2, 0.25) is 11.8 Å². The van der Waals surface area contributed by atoms with Gasteiger partial charge in [0.15, 0.2) is 0 Å². The molecule has 212 valence electrons. The van der Waals surface area contributed by atoms with Gasteiger partial charge in [-0.3, -0.25) is 14.5 Å². The average Bonchev–Trinajstić information content (AvgIpc) is 3.57. The van der Waals surface area contributed by atoms with E-state index in [1.54, 1.807) is 15.6 Å². The molecule has 0 saturated carbocycles. The second-order valence-corrected chi connectivity index (χ2v) is 12.8. The van der Waals surface area contributed by atoms with Gasteiger partial charge in [-0.25, -0.2) is 9.07 Å². The first kappa shape index (κ1) is 28.9. The highest BCUT2D eigenvalue weighted by atomic mass is 79.9. The largest absolute Gasteiger partial charge is 0.338 e. The van der Waals surface area contributed by atoms with Crippen LogP contribution in [0.1, 0.15) is 56.5 Å². The minimum atomic E-state index is -0.428. The number of carbonyl (C=O) groups excluding carboxylic acids is 2. The molecule has 8 nitrogen and oxygen atoms in total. The fourth-order valence-electron chi connectivity index (χ4n) is 5.56. The molecule has 1 aromatic heterocycles. The molecular formula is C29H33Br2FN6O2. The number of rotatable bonds is 7. The van der Waals surface area contributed by atoms with Crippen LogP contribution in [0.25, 0.3) is 0 Å². The summed E-state index contributed by atoms with van der Waals surface area (Å²) in [7, 11) is 0. The molecule has 2 aromatic carbocycles. The highest BCUT2D eigenvalue weighted by Gasteiger charge is 2.41. The lowest BCUT2D eigenvalue weighted by Gasteiger charge is -2.44. The van der Waals surface area contributed by atoms with Crippen LogP contribution in [0.3, 0.4) is 0 Å². The topological polar surface area (TPSA) is 74.6 Å². The molecule has 0 radical (unpaired) electrons. The SMILES string of the molecule is C[C@H](c1ccc(Br)cc1F)n1cc(C(C)(C)N2CCN(C(=O)C3CCC(=O)N3Cc3ccc(Br)cc3)CC2)nn1. The fraction of sp³-hybridized carbons (Fsp3) is 0.448. The molecule has 5 rings (SSSR count). The molecule has 2 saturated heterocycles. The Morgan fingerprint density at radius 1 is 1.07 bits per heavy atom. The van der Waals surface area contributed by atoms with Gasteiger partial charge in [-0.1, -0.05) is 55.3 Å². The first-order chi connectivity index (χ1) is 19.0. The van der Waals surface area contributed by atoms with Crippen molar-refractivity contribution in [2.24, 2.45) is 0 Å². The van der Waals surface area contributed by atoms with Gasteiger partial charge in [0.05, 0.1) is 17.8 Å². The molecule has 11 heteroatoms. The summed E-state index contributed by atoms with van der Waals surface area (Å²) in [6.07, 6.45) is 2.84. The Morgan fingerprint density at radius 2 is 1.75 bits per heavy atom. The van der Waals surface area contributed by atoms with Crippen molar-refractivity contribution in [1.82, 2.24) is 29.7 Å². The highest BCUT2D eigenvalue weighted by Crippen LogP contribution is 2.30. The maximum Gasteiger partial charge on any atom is 0.245 e. The van der Waals surface area contributed by atoms with Crippen LogP contribution in [0.15, 0.2) is 57.6 Å². The molecule has 2 aliphatic heterocycles. The number of benzene rings is 2. The standard InChI is InChI=1S/C29H33Br2FN6O2/c1-19(23-9-8-22(31)16-24(23)32)38-18-26(33-34-38)29(2,3)36-14-12-35(13-15-36)28(40)25-10-11-27(39)37(25)17-20-4-6-21(30)7-5-20/h4-9,16,18-19,25H,10-15,17H2,1-3H3/t19-,25?/m1/s1. The molecule has 1 unspecified atom stereocenters. The molecule has 2 aliphatic rings. The van der Waals surface area contributed by atoms with E-state index in [4.69, 9.17) is 0 Å². The molecule has 2 amide bonds. The summed E-state index contributed by atoms with van der Waals surface area (Å²) in [5.74, 6) is -0.239. The summed E-state index contributed by atoms with van der Waals surface area (Å²) in [4.78, 5) is 32.1. The van der Waals surface area contributed by atoms with Crippen LogP contribution in [0.2, 0.25) is 0 Å². The molecule has 2 fully saturated rings. The second-order valence-electron chi connectivity index (χ2n) is 11.0. The molecule has 2 atom stereocenters. The average molecular weight is 676 g/mol. The molecule has 40 heavy (non-hydrogen) atoms. The second kappa shape index (κ2) is 11.7. The molecular weight excluding hydrogens is 643 g/mol. The summed E-state index contributed by atoms with van der Waals surface area (Å²) in [5.41, 5.74) is 1.92. The smallest absolute Gasteiger partial charge is 0.245 e. The number of carbonyl (C=O) groups is 2. The third kappa shape index (κ3) is 5.87. The van der Waals surface area contributed by atoms with Gasteiger partial charge >= 0.3 is 0 Å².